The number of rotatable bonds is 4. The van der Waals surface area contributed by atoms with E-state index in [-0.39, 0.29) is 6.61 Å². The van der Waals surface area contributed by atoms with Gasteiger partial charge in [0, 0.05) is 7.05 Å². The number of benzene rings is 3. The molecule has 0 unspecified atom stereocenters. The zero-order chi connectivity index (χ0) is 21.3. The van der Waals surface area contributed by atoms with E-state index in [1.165, 1.54) is 12.1 Å². The third kappa shape index (κ3) is 3.89. The number of fused-ring (bicyclic) bond motifs is 1. The summed E-state index contributed by atoms with van der Waals surface area (Å²) in [6.07, 6.45) is -4.43. The standard InChI is InChI=1S/C23H20F3N3O/c1-28-20-12-11-18(23(24,25)26)13-21(20)29(14-16-7-9-17(15-30)10-8-16)22(28)27-19-5-3-2-4-6-19/h2-13,30H,14-15H2,1H3. The van der Waals surface area contributed by atoms with Gasteiger partial charge >= 0.3 is 6.18 Å². The highest BCUT2D eigenvalue weighted by molar-refractivity contribution is 5.77. The van der Waals surface area contributed by atoms with Crippen molar-refractivity contribution < 1.29 is 18.3 Å². The van der Waals surface area contributed by atoms with Gasteiger partial charge in [0.25, 0.3) is 0 Å². The van der Waals surface area contributed by atoms with Crippen LogP contribution in [-0.2, 0) is 26.4 Å². The van der Waals surface area contributed by atoms with Crippen LogP contribution in [0.1, 0.15) is 16.7 Å². The average Bonchev–Trinajstić information content (AvgIpc) is 3.00. The topological polar surface area (TPSA) is 42.5 Å². The molecule has 0 saturated heterocycles. The molecule has 0 saturated carbocycles. The van der Waals surface area contributed by atoms with Gasteiger partial charge in [0.1, 0.15) is 0 Å². The summed E-state index contributed by atoms with van der Waals surface area (Å²) in [5.41, 5.74) is 3.33. The van der Waals surface area contributed by atoms with Gasteiger partial charge in [-0.25, -0.2) is 4.99 Å². The number of hydrogen-bond acceptors (Lipinski definition) is 2. The van der Waals surface area contributed by atoms with Crippen LogP contribution in [0.25, 0.3) is 11.0 Å². The third-order valence-electron chi connectivity index (χ3n) is 5.03. The Hall–Kier alpha value is -3.32. The smallest absolute Gasteiger partial charge is 0.392 e. The van der Waals surface area contributed by atoms with Gasteiger partial charge in [0.05, 0.1) is 35.4 Å². The minimum atomic E-state index is -4.43. The Morgan fingerprint density at radius 1 is 0.867 bits per heavy atom. The first-order valence-corrected chi connectivity index (χ1v) is 9.42. The Morgan fingerprint density at radius 3 is 2.17 bits per heavy atom. The lowest BCUT2D eigenvalue weighted by Crippen LogP contribution is -2.24. The van der Waals surface area contributed by atoms with Crippen LogP contribution < -0.4 is 5.62 Å². The lowest BCUT2D eigenvalue weighted by atomic mass is 10.1. The molecular weight excluding hydrogens is 391 g/mol. The summed E-state index contributed by atoms with van der Waals surface area (Å²) in [5, 5.41) is 9.25. The monoisotopic (exact) mass is 411 g/mol. The largest absolute Gasteiger partial charge is 0.416 e. The fraction of sp³-hybridized carbons (Fsp3) is 0.174. The van der Waals surface area contributed by atoms with Gasteiger partial charge in [-0.05, 0) is 41.5 Å². The number of alkyl halides is 3. The van der Waals surface area contributed by atoms with Crippen molar-refractivity contribution in [3.05, 3.63) is 95.1 Å². The highest BCUT2D eigenvalue weighted by Crippen LogP contribution is 2.31. The molecule has 0 fully saturated rings. The van der Waals surface area contributed by atoms with Gasteiger partial charge in [-0.15, -0.1) is 0 Å². The number of aliphatic hydroxyl groups is 1. The first-order valence-electron chi connectivity index (χ1n) is 9.42. The zero-order valence-corrected chi connectivity index (χ0v) is 16.3. The maximum atomic E-state index is 13.3. The summed E-state index contributed by atoms with van der Waals surface area (Å²) in [6, 6.07) is 20.4. The van der Waals surface area contributed by atoms with Crippen molar-refractivity contribution in [1.82, 2.24) is 9.13 Å². The molecule has 0 atom stereocenters. The van der Waals surface area contributed by atoms with Crippen LogP contribution in [-0.4, -0.2) is 14.2 Å². The van der Waals surface area contributed by atoms with Crippen molar-refractivity contribution in [2.75, 3.05) is 0 Å². The number of aromatic nitrogens is 2. The third-order valence-corrected chi connectivity index (χ3v) is 5.03. The SMILES string of the molecule is Cn1c(=Nc2ccccc2)n(Cc2ccc(CO)cc2)c2cc(C(F)(F)F)ccc21. The summed E-state index contributed by atoms with van der Waals surface area (Å²) < 4.78 is 43.6. The zero-order valence-electron chi connectivity index (χ0n) is 16.3. The van der Waals surface area contributed by atoms with Gasteiger partial charge in [-0.3, -0.25) is 0 Å². The summed E-state index contributed by atoms with van der Waals surface area (Å²) in [6.45, 7) is 0.279. The van der Waals surface area contributed by atoms with Crippen molar-refractivity contribution >= 4 is 16.7 Å². The van der Waals surface area contributed by atoms with Crippen LogP contribution in [0.3, 0.4) is 0 Å². The van der Waals surface area contributed by atoms with Gasteiger partial charge < -0.3 is 14.2 Å². The predicted octanol–water partition coefficient (Wildman–Crippen LogP) is 4.77. The van der Waals surface area contributed by atoms with E-state index in [0.29, 0.717) is 28.9 Å². The van der Waals surface area contributed by atoms with Gasteiger partial charge in [0.2, 0.25) is 5.62 Å². The number of aryl methyl sites for hydroxylation is 1. The quantitative estimate of drug-likeness (QED) is 0.516. The highest BCUT2D eigenvalue weighted by atomic mass is 19.4. The molecule has 0 aliphatic carbocycles. The van der Waals surface area contributed by atoms with Crippen LogP contribution >= 0.6 is 0 Å². The van der Waals surface area contributed by atoms with Gasteiger partial charge in [-0.2, -0.15) is 13.2 Å². The predicted molar refractivity (Wildman–Crippen MR) is 109 cm³/mol. The van der Waals surface area contributed by atoms with Crippen LogP contribution in [0.15, 0.2) is 77.8 Å². The van der Waals surface area contributed by atoms with Crippen molar-refractivity contribution in [2.24, 2.45) is 12.0 Å². The number of aliphatic hydroxyl groups excluding tert-OH is 1. The van der Waals surface area contributed by atoms with E-state index in [9.17, 15) is 18.3 Å². The second-order valence-electron chi connectivity index (χ2n) is 7.07. The molecule has 4 nitrogen and oxygen atoms in total. The molecule has 1 aromatic heterocycles. The van der Waals surface area contributed by atoms with E-state index < -0.39 is 11.7 Å². The molecule has 30 heavy (non-hydrogen) atoms. The number of hydrogen-bond donors (Lipinski definition) is 1. The van der Waals surface area contributed by atoms with Crippen molar-refractivity contribution in [2.45, 2.75) is 19.3 Å². The first-order chi connectivity index (χ1) is 14.4. The second kappa shape index (κ2) is 7.84. The van der Waals surface area contributed by atoms with Crippen LogP contribution in [0.4, 0.5) is 18.9 Å². The molecule has 4 rings (SSSR count). The fourth-order valence-electron chi connectivity index (χ4n) is 3.44. The summed E-state index contributed by atoms with van der Waals surface area (Å²) >= 11 is 0. The lowest BCUT2D eigenvalue weighted by molar-refractivity contribution is -0.137. The van der Waals surface area contributed by atoms with Crippen LogP contribution in [0, 0.1) is 0 Å². The molecule has 0 aliphatic heterocycles. The first kappa shape index (κ1) is 20.0. The Labute approximate surface area is 171 Å². The molecule has 3 aromatic carbocycles. The molecule has 0 amide bonds. The Morgan fingerprint density at radius 2 is 1.53 bits per heavy atom. The van der Waals surface area contributed by atoms with Crippen LogP contribution in [0.2, 0.25) is 0 Å². The second-order valence-corrected chi connectivity index (χ2v) is 7.07. The average molecular weight is 411 g/mol. The van der Waals surface area contributed by atoms with Crippen molar-refractivity contribution in [1.29, 1.82) is 0 Å². The molecule has 0 aliphatic rings. The summed E-state index contributed by atoms with van der Waals surface area (Å²) in [5.74, 6) is 0. The van der Waals surface area contributed by atoms with E-state index in [1.807, 2.05) is 42.5 Å². The van der Waals surface area contributed by atoms with E-state index in [4.69, 9.17) is 4.99 Å². The molecule has 154 valence electrons. The number of imidazole rings is 1. The van der Waals surface area contributed by atoms with Gasteiger partial charge in [-0.1, -0.05) is 42.5 Å². The number of halogens is 3. The van der Waals surface area contributed by atoms with E-state index >= 15 is 0 Å². The Balaban J connectivity index is 1.95. The molecule has 4 aromatic rings. The maximum Gasteiger partial charge on any atom is 0.416 e. The lowest BCUT2D eigenvalue weighted by Gasteiger charge is -2.09. The molecule has 1 N–H and O–H groups in total. The normalized spacial score (nSPS) is 12.6. The number of para-hydroxylation sites is 1. The van der Waals surface area contributed by atoms with E-state index in [1.54, 1.807) is 28.3 Å². The Bertz CT molecular complexity index is 1240. The molecule has 0 spiro atoms. The minimum Gasteiger partial charge on any atom is -0.392 e. The van der Waals surface area contributed by atoms with E-state index in [2.05, 4.69) is 0 Å². The fourth-order valence-corrected chi connectivity index (χ4v) is 3.44. The summed E-state index contributed by atoms with van der Waals surface area (Å²) in [4.78, 5) is 4.70. The van der Waals surface area contributed by atoms with Crippen LogP contribution in [0.5, 0.6) is 0 Å². The minimum absolute atomic E-state index is 0.0643. The number of nitrogens with zero attached hydrogens (tertiary/aromatic N) is 3. The van der Waals surface area contributed by atoms with Crippen molar-refractivity contribution in [3.63, 3.8) is 0 Å². The van der Waals surface area contributed by atoms with E-state index in [0.717, 1.165) is 17.2 Å². The summed E-state index contributed by atoms with van der Waals surface area (Å²) in [7, 11) is 1.79. The highest BCUT2D eigenvalue weighted by Gasteiger charge is 2.31. The molecule has 0 radical (unpaired) electrons. The Kier molecular flexibility index (Phi) is 5.22. The van der Waals surface area contributed by atoms with Gasteiger partial charge in [0.15, 0.2) is 0 Å². The molecule has 7 heteroatoms. The molecule has 1 heterocycles. The maximum absolute atomic E-state index is 13.3. The van der Waals surface area contributed by atoms with Crippen molar-refractivity contribution in [3.8, 4) is 0 Å². The molecular formula is C23H20F3N3O. The molecule has 0 bridgehead atoms.